The van der Waals surface area contributed by atoms with Crippen LogP contribution in [0.1, 0.15) is 206 Å². The lowest BCUT2D eigenvalue weighted by Gasteiger charge is -2.53. The fourth-order valence-electron chi connectivity index (χ4n) is 19.8. The molecule has 404 valence electrons. The third kappa shape index (κ3) is 5.44. The van der Waals surface area contributed by atoms with Crippen molar-refractivity contribution in [1.82, 2.24) is 0 Å². The summed E-state index contributed by atoms with van der Waals surface area (Å²) in [6.45, 7) is 37.8. The molecule has 8 aromatic carbocycles. The highest BCUT2D eigenvalue weighted by molar-refractivity contribution is 7.00. The Labute approximate surface area is 482 Å². The molecule has 3 nitrogen and oxygen atoms in total. The smallest absolute Gasteiger partial charge is 0.252 e. The van der Waals surface area contributed by atoms with Gasteiger partial charge < -0.3 is 14.7 Å². The van der Waals surface area contributed by atoms with Gasteiger partial charge in [0.2, 0.25) is 0 Å². The Bertz CT molecular complexity index is 4280. The number of hydrogen-bond donors (Lipinski definition) is 0. The van der Waals surface area contributed by atoms with Crippen LogP contribution in [0.2, 0.25) is 0 Å². The number of benzene rings is 8. The molecule has 1 fully saturated rings. The van der Waals surface area contributed by atoms with Gasteiger partial charge in [0.05, 0.1) is 11.2 Å². The highest BCUT2D eigenvalue weighted by Crippen LogP contribution is 2.67. The Morgan fingerprint density at radius 1 is 0.444 bits per heavy atom. The summed E-state index contributed by atoms with van der Waals surface area (Å²) in [5.74, 6) is 0. The van der Waals surface area contributed by atoms with Crippen molar-refractivity contribution in [2.24, 2.45) is 0 Å². The fourth-order valence-corrected chi connectivity index (χ4v) is 19.8. The van der Waals surface area contributed by atoms with E-state index in [1.807, 2.05) is 0 Å². The summed E-state index contributed by atoms with van der Waals surface area (Å²) in [5, 5.41) is 0. The van der Waals surface area contributed by atoms with Crippen LogP contribution in [0.25, 0.3) is 11.1 Å². The van der Waals surface area contributed by atoms with Crippen LogP contribution in [0, 0.1) is 13.8 Å². The van der Waals surface area contributed by atoms with Gasteiger partial charge in [0.1, 0.15) is 0 Å². The molecule has 4 heteroatoms. The predicted octanol–water partition coefficient (Wildman–Crippen LogP) is 17.7. The molecule has 81 heavy (non-hydrogen) atoms. The summed E-state index contributed by atoms with van der Waals surface area (Å²) < 4.78 is 0. The van der Waals surface area contributed by atoms with Gasteiger partial charge in [-0.1, -0.05) is 174 Å². The molecule has 0 aromatic heterocycles. The molecule has 9 aliphatic rings. The fraction of sp³-hybridized carbons (Fsp3) is 0.377. The molecular formula is C77H78BN3. The lowest BCUT2D eigenvalue weighted by Crippen LogP contribution is -2.63. The van der Waals surface area contributed by atoms with Crippen molar-refractivity contribution >= 4 is 68.6 Å². The third-order valence-electron chi connectivity index (χ3n) is 24.3. The molecule has 17 rings (SSSR count). The molecule has 0 radical (unpaired) electrons. The molecule has 5 aliphatic heterocycles. The summed E-state index contributed by atoms with van der Waals surface area (Å²) in [6, 6.07) is 52.8. The highest BCUT2D eigenvalue weighted by atomic mass is 15.3. The molecule has 4 aliphatic carbocycles. The summed E-state index contributed by atoms with van der Waals surface area (Å²) in [4.78, 5) is 8.53. The maximum absolute atomic E-state index is 2.91. The second kappa shape index (κ2) is 14.7. The molecule has 8 aromatic rings. The summed E-state index contributed by atoms with van der Waals surface area (Å²) in [6.07, 6.45) is 7.12. The highest BCUT2D eigenvalue weighted by Gasteiger charge is 2.61. The van der Waals surface area contributed by atoms with Gasteiger partial charge in [-0.25, -0.2) is 0 Å². The van der Waals surface area contributed by atoms with Crippen LogP contribution in [0.4, 0.5) is 45.5 Å². The quantitative estimate of drug-likeness (QED) is 0.140. The third-order valence-corrected chi connectivity index (χ3v) is 24.3. The van der Waals surface area contributed by atoms with E-state index in [1.165, 1.54) is 171 Å². The lowest BCUT2D eigenvalue weighted by atomic mass is 9.32. The first-order valence-corrected chi connectivity index (χ1v) is 31.0. The number of hydrogen-bond acceptors (Lipinski definition) is 3. The van der Waals surface area contributed by atoms with Crippen molar-refractivity contribution in [3.05, 3.63) is 205 Å². The average Bonchev–Trinajstić information content (AvgIpc) is 3.47. The van der Waals surface area contributed by atoms with Crippen LogP contribution >= 0.6 is 0 Å². The Hall–Kier alpha value is -6.78. The van der Waals surface area contributed by atoms with Crippen LogP contribution in [0.5, 0.6) is 0 Å². The summed E-state index contributed by atoms with van der Waals surface area (Å²) >= 11 is 0. The van der Waals surface area contributed by atoms with E-state index >= 15 is 0 Å². The first-order chi connectivity index (χ1) is 38.4. The van der Waals surface area contributed by atoms with Gasteiger partial charge >= 0.3 is 0 Å². The van der Waals surface area contributed by atoms with Crippen molar-refractivity contribution < 1.29 is 0 Å². The van der Waals surface area contributed by atoms with Gasteiger partial charge in [0.15, 0.2) is 0 Å². The molecule has 0 amide bonds. The zero-order valence-corrected chi connectivity index (χ0v) is 50.8. The normalized spacial score (nSPS) is 25.8. The first-order valence-electron chi connectivity index (χ1n) is 31.0. The van der Waals surface area contributed by atoms with E-state index in [0.717, 1.165) is 12.8 Å². The maximum Gasteiger partial charge on any atom is 0.252 e. The van der Waals surface area contributed by atoms with Crippen LogP contribution in [0.3, 0.4) is 0 Å². The van der Waals surface area contributed by atoms with E-state index in [0.29, 0.717) is 0 Å². The zero-order chi connectivity index (χ0) is 56.0. The summed E-state index contributed by atoms with van der Waals surface area (Å²) in [7, 11) is 0. The van der Waals surface area contributed by atoms with Gasteiger partial charge in [-0.2, -0.15) is 0 Å². The van der Waals surface area contributed by atoms with Gasteiger partial charge in [-0.3, -0.25) is 0 Å². The topological polar surface area (TPSA) is 9.72 Å². The minimum Gasteiger partial charge on any atom is -0.334 e. The van der Waals surface area contributed by atoms with Crippen LogP contribution in [-0.2, 0) is 37.9 Å². The van der Waals surface area contributed by atoms with Crippen molar-refractivity contribution in [3.63, 3.8) is 0 Å². The van der Waals surface area contributed by atoms with Gasteiger partial charge in [-0.15, -0.1) is 0 Å². The molecule has 6 bridgehead atoms. The number of nitrogens with zero attached hydrogens (tertiary/aromatic N) is 3. The standard InChI is InChI=1S/C77H78BN3/c1-43-35-52-56-41-61(43)79-63-37-45(81-62-42-55(74(56,12)34-33-71(52,6)7)51(70(3,4)5)38-57(62)75(13)31-20-21-32-76(75,81)14)29-30-58(63)78-59-39-53-54(73(10,11)50-27-19-18-26-49(50)72(53,8)9)40-64(59)80-60-28-22-24-47-46-23-16-17-25-48(46)77(15,67(47)60)66-44(2)36-65(79)68(78)69(66)80/h16-19,22-30,35-42H,20-21,31-34H2,1-15H3. The molecule has 4 unspecified atom stereocenters. The largest absolute Gasteiger partial charge is 0.334 e. The van der Waals surface area contributed by atoms with E-state index in [4.69, 9.17) is 0 Å². The maximum atomic E-state index is 2.91. The number of fused-ring (bicyclic) bond motifs is 21. The first kappa shape index (κ1) is 48.9. The number of anilines is 8. The lowest BCUT2D eigenvalue weighted by molar-refractivity contribution is 0.195. The Kier molecular flexibility index (Phi) is 8.87. The van der Waals surface area contributed by atoms with Crippen molar-refractivity contribution in [1.29, 1.82) is 0 Å². The monoisotopic (exact) mass is 1060 g/mol. The molecule has 0 spiro atoms. The average molecular weight is 1060 g/mol. The molecule has 5 heterocycles. The van der Waals surface area contributed by atoms with Gasteiger partial charge in [0.25, 0.3) is 6.71 Å². The SMILES string of the molecule is Cc1cc2c3cc1N1c4cc(ccc4B4c5cc6c(cc5N5c7cccc8c7C(C)(c7ccccc7-8)c7c(C)cc1c4c75)C(C)(C)c1ccccc1C6(C)C)N1c4cc(c(C(C)(C)C)cc4C4(C)CCCCC14C)C3(C)CCC2(C)C. The van der Waals surface area contributed by atoms with Crippen LogP contribution in [-0.4, -0.2) is 12.3 Å². The van der Waals surface area contributed by atoms with E-state index in [-0.39, 0.29) is 50.2 Å². The Balaban J connectivity index is 1.04. The van der Waals surface area contributed by atoms with Crippen LogP contribution in [0.15, 0.2) is 127 Å². The van der Waals surface area contributed by atoms with E-state index in [2.05, 4.69) is 246 Å². The Morgan fingerprint density at radius 2 is 1.10 bits per heavy atom. The predicted molar refractivity (Wildman–Crippen MR) is 342 cm³/mol. The van der Waals surface area contributed by atoms with E-state index in [9.17, 15) is 0 Å². The Morgan fingerprint density at radius 3 is 1.84 bits per heavy atom. The minimum absolute atomic E-state index is 0.0123. The number of rotatable bonds is 0. The summed E-state index contributed by atoms with van der Waals surface area (Å²) in [5.41, 5.74) is 37.0. The van der Waals surface area contributed by atoms with E-state index in [1.54, 1.807) is 5.56 Å². The van der Waals surface area contributed by atoms with Gasteiger partial charge in [0, 0.05) is 66.9 Å². The molecular weight excluding hydrogens is 978 g/mol. The second-order valence-electron chi connectivity index (χ2n) is 30.5. The van der Waals surface area contributed by atoms with Crippen LogP contribution < -0.4 is 31.1 Å². The molecule has 0 saturated heterocycles. The molecule has 4 atom stereocenters. The minimum atomic E-state index is -0.363. The second-order valence-corrected chi connectivity index (χ2v) is 30.5. The van der Waals surface area contributed by atoms with Gasteiger partial charge in [-0.05, 0) is 212 Å². The van der Waals surface area contributed by atoms with Crippen molar-refractivity contribution in [2.75, 3.05) is 14.7 Å². The van der Waals surface area contributed by atoms with Crippen molar-refractivity contribution in [2.45, 2.75) is 186 Å². The molecule has 1 saturated carbocycles. The zero-order valence-electron chi connectivity index (χ0n) is 50.8. The van der Waals surface area contributed by atoms with Crippen molar-refractivity contribution in [3.8, 4) is 11.1 Å². The molecule has 0 N–H and O–H groups in total. The number of aryl methyl sites for hydroxylation is 2. The van der Waals surface area contributed by atoms with E-state index < -0.39 is 0 Å².